The fourth-order valence-electron chi connectivity index (χ4n) is 2.19. The maximum Gasteiger partial charge on any atom is 0.335 e. The second-order valence-corrected chi connectivity index (χ2v) is 5.49. The summed E-state index contributed by atoms with van der Waals surface area (Å²) < 4.78 is 0. The van der Waals surface area contributed by atoms with E-state index in [2.05, 4.69) is 10.3 Å². The molecule has 0 heterocycles. The lowest BCUT2D eigenvalue weighted by atomic mass is 10.0. The molecule has 6 nitrogen and oxygen atoms in total. The van der Waals surface area contributed by atoms with E-state index in [1.54, 1.807) is 18.2 Å². The Labute approximate surface area is 153 Å². The van der Waals surface area contributed by atoms with E-state index < -0.39 is 5.97 Å². The van der Waals surface area contributed by atoms with Crippen molar-refractivity contribution < 1.29 is 9.90 Å². The molecule has 0 spiro atoms. The lowest BCUT2D eigenvalue weighted by Gasteiger charge is -2.03. The largest absolute Gasteiger partial charge is 0.478 e. The molecule has 6 heteroatoms. The number of rotatable bonds is 4. The Balaban J connectivity index is 0.000000273. The lowest BCUT2D eigenvalue weighted by Crippen LogP contribution is -1.96. The van der Waals surface area contributed by atoms with Gasteiger partial charge in [-0.25, -0.2) is 4.79 Å². The van der Waals surface area contributed by atoms with E-state index in [0.717, 1.165) is 23.1 Å². The quantitative estimate of drug-likeness (QED) is 0.245. The molecule has 0 atom stereocenters. The molecule has 0 unspecified atom stereocenters. The average molecular weight is 352 g/mol. The minimum Gasteiger partial charge on any atom is -0.478 e. The average Bonchev–Trinajstić information content (AvgIpc) is 2.64. The number of carbonyl (C=O) groups is 1. The van der Waals surface area contributed by atoms with Crippen LogP contribution >= 0.6 is 0 Å². The first-order valence-corrected chi connectivity index (χ1v) is 8.18. The van der Waals surface area contributed by atoms with Crippen LogP contribution < -0.4 is 5.84 Å². The molecule has 0 aliphatic carbocycles. The number of hydrogen-bond acceptors (Lipinski definition) is 3. The second kappa shape index (κ2) is 10.6. The van der Waals surface area contributed by atoms with Crippen LogP contribution in [0.2, 0.25) is 0 Å². The van der Waals surface area contributed by atoms with Crippen molar-refractivity contribution in [3.63, 3.8) is 0 Å². The molecule has 0 amide bonds. The van der Waals surface area contributed by atoms with Gasteiger partial charge in [0, 0.05) is 5.56 Å². The molecule has 0 aliphatic heterocycles. The van der Waals surface area contributed by atoms with E-state index in [1.807, 2.05) is 57.2 Å². The van der Waals surface area contributed by atoms with Gasteiger partial charge in [0.2, 0.25) is 0 Å². The van der Waals surface area contributed by atoms with E-state index in [1.165, 1.54) is 0 Å². The van der Waals surface area contributed by atoms with E-state index in [-0.39, 0.29) is 5.84 Å². The lowest BCUT2D eigenvalue weighted by molar-refractivity contribution is 0.0696. The molecule has 0 saturated heterocycles. The van der Waals surface area contributed by atoms with Crippen LogP contribution in [0.4, 0.5) is 0 Å². The van der Waals surface area contributed by atoms with Gasteiger partial charge in [-0.1, -0.05) is 48.6 Å². The number of nitrogens with one attached hydrogen (secondary N) is 1. The van der Waals surface area contributed by atoms with Crippen LogP contribution in [0.5, 0.6) is 0 Å². The van der Waals surface area contributed by atoms with Gasteiger partial charge in [0.15, 0.2) is 5.84 Å². The SMILES string of the molecule is C/C=C\c1cc(C(=N)N=NN)ccc1C.CCc1cccc(C(=O)O)c1. The molecule has 2 aromatic carbocycles. The Morgan fingerprint density at radius 2 is 1.96 bits per heavy atom. The van der Waals surface area contributed by atoms with Gasteiger partial charge in [-0.2, -0.15) is 0 Å². The summed E-state index contributed by atoms with van der Waals surface area (Å²) in [5.41, 5.74) is 4.37. The van der Waals surface area contributed by atoms with Crippen LogP contribution in [0.1, 0.15) is 46.5 Å². The summed E-state index contributed by atoms with van der Waals surface area (Å²) in [4.78, 5) is 10.5. The predicted octanol–water partition coefficient (Wildman–Crippen LogP) is 4.63. The van der Waals surface area contributed by atoms with Gasteiger partial charge in [0.1, 0.15) is 0 Å². The molecule has 0 saturated carbocycles. The van der Waals surface area contributed by atoms with E-state index in [9.17, 15) is 4.79 Å². The zero-order chi connectivity index (χ0) is 19.5. The number of nitrogens with zero attached hydrogens (tertiary/aromatic N) is 2. The van der Waals surface area contributed by atoms with Crippen molar-refractivity contribution in [1.29, 1.82) is 5.41 Å². The number of nitrogens with two attached hydrogens (primary N) is 1. The number of hydrogen-bond donors (Lipinski definition) is 3. The first kappa shape index (κ1) is 20.8. The van der Waals surface area contributed by atoms with Crippen molar-refractivity contribution in [2.24, 2.45) is 16.2 Å². The van der Waals surface area contributed by atoms with E-state index >= 15 is 0 Å². The highest BCUT2D eigenvalue weighted by atomic mass is 16.4. The summed E-state index contributed by atoms with van der Waals surface area (Å²) in [5, 5.41) is 22.7. The molecule has 0 bridgehead atoms. The number of aromatic carboxylic acids is 1. The fraction of sp³-hybridized carbons (Fsp3) is 0.200. The van der Waals surface area contributed by atoms with Crippen molar-refractivity contribution in [2.75, 3.05) is 0 Å². The zero-order valence-corrected chi connectivity index (χ0v) is 15.2. The number of benzene rings is 2. The normalized spacial score (nSPS) is 10.6. The molecule has 2 aromatic rings. The van der Waals surface area contributed by atoms with E-state index in [0.29, 0.717) is 11.1 Å². The highest BCUT2D eigenvalue weighted by molar-refractivity contribution is 5.97. The Morgan fingerprint density at radius 3 is 2.54 bits per heavy atom. The zero-order valence-electron chi connectivity index (χ0n) is 15.2. The van der Waals surface area contributed by atoms with Crippen molar-refractivity contribution >= 4 is 17.9 Å². The van der Waals surface area contributed by atoms with Gasteiger partial charge in [-0.3, -0.25) is 5.41 Å². The molecular formula is C20H24N4O2. The molecule has 0 radical (unpaired) electrons. The Morgan fingerprint density at radius 1 is 1.23 bits per heavy atom. The number of amidine groups is 1. The van der Waals surface area contributed by atoms with Gasteiger partial charge in [-0.15, -0.1) is 5.11 Å². The predicted molar refractivity (Wildman–Crippen MR) is 105 cm³/mol. The molecule has 2 rings (SSSR count). The number of aryl methyl sites for hydroxylation is 2. The first-order chi connectivity index (χ1) is 12.4. The van der Waals surface area contributed by atoms with Crippen LogP contribution in [0.3, 0.4) is 0 Å². The summed E-state index contributed by atoms with van der Waals surface area (Å²) in [6.45, 7) is 5.98. The maximum absolute atomic E-state index is 10.5. The van der Waals surface area contributed by atoms with E-state index in [4.69, 9.17) is 16.4 Å². The standard InChI is InChI=1S/C11H14N4.C9H10O2/c1-3-4-9-7-10(6-5-8(9)2)11(12)14-15-13;1-2-7-4-3-5-8(6-7)9(10)11/h3-7H,1-2H3,(H3,12,13,14);3-6H,2H2,1H3,(H,10,11)/b4-3-;. The smallest absolute Gasteiger partial charge is 0.335 e. The monoisotopic (exact) mass is 352 g/mol. The number of carboxylic acid groups (broad SMARTS) is 1. The van der Waals surface area contributed by atoms with Crippen LogP contribution in [0.25, 0.3) is 6.08 Å². The van der Waals surface area contributed by atoms with Gasteiger partial charge in [-0.05, 0) is 55.2 Å². The van der Waals surface area contributed by atoms with Gasteiger partial charge < -0.3 is 10.9 Å². The maximum atomic E-state index is 10.5. The molecule has 4 N–H and O–H groups in total. The molecule has 0 aliphatic rings. The molecular weight excluding hydrogens is 328 g/mol. The molecule has 0 fully saturated rings. The number of allylic oxidation sites excluding steroid dienone is 1. The summed E-state index contributed by atoms with van der Waals surface area (Å²) in [6.07, 6.45) is 4.83. The third kappa shape index (κ3) is 6.32. The number of carboxylic acids is 1. The van der Waals surface area contributed by atoms with Crippen LogP contribution in [0, 0.1) is 12.3 Å². The summed E-state index contributed by atoms with van der Waals surface area (Å²) >= 11 is 0. The third-order valence-electron chi connectivity index (χ3n) is 3.64. The highest BCUT2D eigenvalue weighted by Gasteiger charge is 2.02. The van der Waals surface area contributed by atoms with Crippen LogP contribution in [-0.4, -0.2) is 16.9 Å². The van der Waals surface area contributed by atoms with Crippen molar-refractivity contribution in [3.8, 4) is 0 Å². The van der Waals surface area contributed by atoms with Crippen molar-refractivity contribution in [3.05, 3.63) is 76.4 Å². The second-order valence-electron chi connectivity index (χ2n) is 5.49. The van der Waals surface area contributed by atoms with Crippen LogP contribution in [0.15, 0.2) is 58.9 Å². The first-order valence-electron chi connectivity index (χ1n) is 8.18. The molecule has 0 aromatic heterocycles. The Kier molecular flexibility index (Phi) is 8.43. The highest BCUT2D eigenvalue weighted by Crippen LogP contribution is 2.13. The Hall–Kier alpha value is -3.28. The van der Waals surface area contributed by atoms with Gasteiger partial charge >= 0.3 is 5.97 Å². The minimum absolute atomic E-state index is 0.0725. The summed E-state index contributed by atoms with van der Waals surface area (Å²) in [5.74, 6) is 4.11. The molecule has 136 valence electrons. The minimum atomic E-state index is -0.861. The van der Waals surface area contributed by atoms with Crippen molar-refractivity contribution in [2.45, 2.75) is 27.2 Å². The topological polar surface area (TPSA) is 112 Å². The fourth-order valence-corrected chi connectivity index (χ4v) is 2.19. The summed E-state index contributed by atoms with van der Waals surface area (Å²) in [7, 11) is 0. The molecule has 26 heavy (non-hydrogen) atoms. The van der Waals surface area contributed by atoms with Gasteiger partial charge in [0.05, 0.1) is 5.56 Å². The third-order valence-corrected chi connectivity index (χ3v) is 3.64. The Bertz CT molecular complexity index is 826. The van der Waals surface area contributed by atoms with Crippen molar-refractivity contribution in [1.82, 2.24) is 0 Å². The van der Waals surface area contributed by atoms with Crippen LogP contribution in [-0.2, 0) is 6.42 Å². The summed E-state index contributed by atoms with van der Waals surface area (Å²) in [6, 6.07) is 12.7. The van der Waals surface area contributed by atoms with Gasteiger partial charge in [0.25, 0.3) is 0 Å².